The Kier molecular flexibility index (Phi) is 3.62. The smallest absolute Gasteiger partial charge is 0.312 e. The van der Waals surface area contributed by atoms with Gasteiger partial charge in [-0.2, -0.15) is 5.26 Å². The second-order valence-corrected chi connectivity index (χ2v) is 4.41. The number of pyridine rings is 1. The quantitative estimate of drug-likeness (QED) is 0.710. The molecule has 16 heavy (non-hydrogen) atoms. The SMILES string of the molecule is CC(C)(C)OC(=O)Cc1ccc(C#N)cn1. The van der Waals surface area contributed by atoms with Crippen molar-refractivity contribution in [1.29, 1.82) is 5.26 Å². The normalized spacial score (nSPS) is 10.6. The van der Waals surface area contributed by atoms with Crippen molar-refractivity contribution in [3.8, 4) is 6.07 Å². The van der Waals surface area contributed by atoms with Gasteiger partial charge in [-0.05, 0) is 32.9 Å². The van der Waals surface area contributed by atoms with Gasteiger partial charge in [-0.15, -0.1) is 0 Å². The third-order valence-electron chi connectivity index (χ3n) is 1.70. The van der Waals surface area contributed by atoms with Crippen LogP contribution in [0, 0.1) is 11.3 Å². The molecular formula is C12H14N2O2. The van der Waals surface area contributed by atoms with Gasteiger partial charge in [0.05, 0.1) is 17.7 Å². The molecular weight excluding hydrogens is 204 g/mol. The monoisotopic (exact) mass is 218 g/mol. The number of hydrogen-bond donors (Lipinski definition) is 0. The van der Waals surface area contributed by atoms with Crippen LogP contribution in [0.25, 0.3) is 0 Å². The van der Waals surface area contributed by atoms with Crippen molar-refractivity contribution in [2.45, 2.75) is 32.8 Å². The Hall–Kier alpha value is -1.89. The van der Waals surface area contributed by atoms with Crippen LogP contribution in [-0.4, -0.2) is 16.6 Å². The molecule has 4 heteroatoms. The Labute approximate surface area is 94.9 Å². The minimum Gasteiger partial charge on any atom is -0.460 e. The number of ether oxygens (including phenoxy) is 1. The Morgan fingerprint density at radius 2 is 2.19 bits per heavy atom. The summed E-state index contributed by atoms with van der Waals surface area (Å²) in [7, 11) is 0. The Balaban J connectivity index is 2.61. The van der Waals surface area contributed by atoms with Gasteiger partial charge in [0.2, 0.25) is 0 Å². The van der Waals surface area contributed by atoms with Crippen LogP contribution in [0.4, 0.5) is 0 Å². The highest BCUT2D eigenvalue weighted by molar-refractivity contribution is 5.72. The van der Waals surface area contributed by atoms with Crippen molar-refractivity contribution in [3.63, 3.8) is 0 Å². The molecule has 1 heterocycles. The zero-order valence-electron chi connectivity index (χ0n) is 9.65. The summed E-state index contributed by atoms with van der Waals surface area (Å²) in [6.45, 7) is 5.45. The van der Waals surface area contributed by atoms with E-state index in [4.69, 9.17) is 10.00 Å². The van der Waals surface area contributed by atoms with Gasteiger partial charge in [-0.1, -0.05) is 0 Å². The second-order valence-electron chi connectivity index (χ2n) is 4.41. The molecule has 4 nitrogen and oxygen atoms in total. The van der Waals surface area contributed by atoms with E-state index in [1.807, 2.05) is 26.8 Å². The third kappa shape index (κ3) is 4.09. The highest BCUT2D eigenvalue weighted by Crippen LogP contribution is 2.09. The zero-order valence-corrected chi connectivity index (χ0v) is 9.65. The lowest BCUT2D eigenvalue weighted by atomic mass is 10.2. The van der Waals surface area contributed by atoms with Crippen LogP contribution in [0.2, 0.25) is 0 Å². The van der Waals surface area contributed by atoms with E-state index in [-0.39, 0.29) is 12.4 Å². The molecule has 0 aliphatic heterocycles. The lowest BCUT2D eigenvalue weighted by molar-refractivity contribution is -0.153. The lowest BCUT2D eigenvalue weighted by Crippen LogP contribution is -2.25. The Morgan fingerprint density at radius 1 is 1.50 bits per heavy atom. The molecule has 0 spiro atoms. The number of rotatable bonds is 2. The molecule has 0 bridgehead atoms. The maximum absolute atomic E-state index is 11.5. The van der Waals surface area contributed by atoms with Crippen molar-refractivity contribution >= 4 is 5.97 Å². The minimum atomic E-state index is -0.482. The van der Waals surface area contributed by atoms with E-state index in [9.17, 15) is 4.79 Å². The molecule has 84 valence electrons. The molecule has 0 fully saturated rings. The van der Waals surface area contributed by atoms with Gasteiger partial charge in [-0.25, -0.2) is 0 Å². The molecule has 0 aliphatic rings. The van der Waals surface area contributed by atoms with E-state index in [0.717, 1.165) is 0 Å². The molecule has 0 saturated heterocycles. The molecule has 0 N–H and O–H groups in total. The second kappa shape index (κ2) is 4.75. The molecule has 1 aromatic heterocycles. The molecule has 0 radical (unpaired) electrons. The first kappa shape index (κ1) is 12.2. The van der Waals surface area contributed by atoms with Gasteiger partial charge in [0, 0.05) is 6.20 Å². The topological polar surface area (TPSA) is 63.0 Å². The van der Waals surface area contributed by atoms with Gasteiger partial charge in [0.25, 0.3) is 0 Å². The van der Waals surface area contributed by atoms with Crippen LogP contribution in [0.5, 0.6) is 0 Å². The highest BCUT2D eigenvalue weighted by Gasteiger charge is 2.16. The Bertz CT molecular complexity index is 410. The van der Waals surface area contributed by atoms with E-state index in [2.05, 4.69) is 4.98 Å². The summed E-state index contributed by atoms with van der Waals surface area (Å²) in [5.74, 6) is -0.315. The van der Waals surface area contributed by atoms with Crippen LogP contribution in [0.3, 0.4) is 0 Å². The van der Waals surface area contributed by atoms with Gasteiger partial charge < -0.3 is 4.74 Å². The summed E-state index contributed by atoms with van der Waals surface area (Å²) >= 11 is 0. The molecule has 0 saturated carbocycles. The number of hydrogen-bond acceptors (Lipinski definition) is 4. The van der Waals surface area contributed by atoms with E-state index in [1.54, 1.807) is 12.1 Å². The zero-order chi connectivity index (χ0) is 12.2. The molecule has 0 unspecified atom stereocenters. The predicted molar refractivity (Wildman–Crippen MR) is 58.5 cm³/mol. The van der Waals surface area contributed by atoms with Gasteiger partial charge in [0.1, 0.15) is 11.7 Å². The maximum Gasteiger partial charge on any atom is 0.312 e. The van der Waals surface area contributed by atoms with E-state index in [0.29, 0.717) is 11.3 Å². The van der Waals surface area contributed by atoms with Gasteiger partial charge >= 0.3 is 5.97 Å². The standard InChI is InChI=1S/C12H14N2O2/c1-12(2,3)16-11(15)6-10-5-4-9(7-13)8-14-10/h4-5,8H,6H2,1-3H3. The van der Waals surface area contributed by atoms with Gasteiger partial charge in [-0.3, -0.25) is 9.78 Å². The van der Waals surface area contributed by atoms with Crippen LogP contribution in [0.15, 0.2) is 18.3 Å². The number of nitriles is 1. The average Bonchev–Trinajstić information content (AvgIpc) is 2.16. The summed E-state index contributed by atoms with van der Waals surface area (Å²) in [5.41, 5.74) is 0.602. The van der Waals surface area contributed by atoms with Crippen molar-refractivity contribution in [2.24, 2.45) is 0 Å². The van der Waals surface area contributed by atoms with E-state index in [1.165, 1.54) is 6.20 Å². The summed E-state index contributed by atoms with van der Waals surface area (Å²) in [6, 6.07) is 5.25. The number of carbonyl (C=O) groups excluding carboxylic acids is 1. The van der Waals surface area contributed by atoms with Crippen molar-refractivity contribution in [1.82, 2.24) is 4.98 Å². The maximum atomic E-state index is 11.5. The van der Waals surface area contributed by atoms with Crippen LogP contribution < -0.4 is 0 Å². The van der Waals surface area contributed by atoms with E-state index >= 15 is 0 Å². The number of esters is 1. The van der Waals surface area contributed by atoms with Crippen LogP contribution in [0.1, 0.15) is 32.0 Å². The fourth-order valence-corrected chi connectivity index (χ4v) is 1.12. The lowest BCUT2D eigenvalue weighted by Gasteiger charge is -2.19. The van der Waals surface area contributed by atoms with Crippen LogP contribution in [-0.2, 0) is 16.0 Å². The van der Waals surface area contributed by atoms with Crippen molar-refractivity contribution in [3.05, 3.63) is 29.6 Å². The van der Waals surface area contributed by atoms with Crippen molar-refractivity contribution < 1.29 is 9.53 Å². The molecule has 1 rings (SSSR count). The largest absolute Gasteiger partial charge is 0.460 e. The average molecular weight is 218 g/mol. The first-order valence-corrected chi connectivity index (χ1v) is 4.97. The van der Waals surface area contributed by atoms with Crippen molar-refractivity contribution in [2.75, 3.05) is 0 Å². The molecule has 0 amide bonds. The Morgan fingerprint density at radius 3 is 2.62 bits per heavy atom. The summed E-state index contributed by atoms with van der Waals surface area (Å²) in [5, 5.41) is 8.58. The molecule has 0 aliphatic carbocycles. The predicted octanol–water partition coefficient (Wildman–Crippen LogP) is 1.84. The number of carbonyl (C=O) groups is 1. The van der Waals surface area contributed by atoms with E-state index < -0.39 is 5.60 Å². The number of nitrogens with zero attached hydrogens (tertiary/aromatic N) is 2. The van der Waals surface area contributed by atoms with Gasteiger partial charge in [0.15, 0.2) is 0 Å². The summed E-state index contributed by atoms with van der Waals surface area (Å²) in [4.78, 5) is 15.5. The molecule has 0 aromatic carbocycles. The fraction of sp³-hybridized carbons (Fsp3) is 0.417. The fourth-order valence-electron chi connectivity index (χ4n) is 1.12. The first-order valence-electron chi connectivity index (χ1n) is 4.97. The first-order chi connectivity index (χ1) is 7.40. The third-order valence-corrected chi connectivity index (χ3v) is 1.70. The summed E-state index contributed by atoms with van der Waals surface area (Å²) in [6.07, 6.45) is 1.57. The number of aromatic nitrogens is 1. The molecule has 1 aromatic rings. The highest BCUT2D eigenvalue weighted by atomic mass is 16.6. The summed E-state index contributed by atoms with van der Waals surface area (Å²) < 4.78 is 5.15. The minimum absolute atomic E-state index is 0.128. The van der Waals surface area contributed by atoms with Crippen LogP contribution >= 0.6 is 0 Å². The molecule has 0 atom stereocenters.